The molecule has 5 amide bonds. The minimum absolute atomic E-state index is 0.444. The third kappa shape index (κ3) is 3.33. The van der Waals surface area contributed by atoms with Crippen molar-refractivity contribution in [2.75, 3.05) is 6.54 Å². The Bertz CT molecular complexity index is 772. The zero-order valence-electron chi connectivity index (χ0n) is 14.1. The summed E-state index contributed by atoms with van der Waals surface area (Å²) >= 11 is 0. The monoisotopic (exact) mass is 344 g/mol. The Morgan fingerprint density at radius 2 is 1.88 bits per heavy atom. The highest BCUT2D eigenvalue weighted by Crippen LogP contribution is 2.22. The van der Waals surface area contributed by atoms with Crippen molar-refractivity contribution in [3.05, 3.63) is 34.9 Å². The fourth-order valence-corrected chi connectivity index (χ4v) is 3.06. The average molecular weight is 344 g/mol. The predicted octanol–water partition coefficient (Wildman–Crippen LogP) is 0.267. The molecule has 1 aromatic rings. The number of carbonyl (C=O) groups is 4. The van der Waals surface area contributed by atoms with Gasteiger partial charge in [0.1, 0.15) is 12.1 Å². The smallest absolute Gasteiger partial charge is 0.324 e. The van der Waals surface area contributed by atoms with Crippen molar-refractivity contribution in [3.63, 3.8) is 0 Å². The number of nitrogens with zero attached hydrogens (tertiary/aromatic N) is 1. The van der Waals surface area contributed by atoms with Crippen LogP contribution in [0.2, 0.25) is 0 Å². The second kappa shape index (κ2) is 6.19. The van der Waals surface area contributed by atoms with Crippen LogP contribution in [0.15, 0.2) is 18.2 Å². The first-order valence-electron chi connectivity index (χ1n) is 8.13. The molecule has 0 spiro atoms. The van der Waals surface area contributed by atoms with Gasteiger partial charge in [-0.05, 0) is 56.4 Å². The van der Waals surface area contributed by atoms with Gasteiger partial charge in [-0.2, -0.15) is 0 Å². The number of imide groups is 1. The Kier molecular flexibility index (Phi) is 4.20. The van der Waals surface area contributed by atoms with Crippen LogP contribution in [-0.4, -0.2) is 40.7 Å². The van der Waals surface area contributed by atoms with E-state index in [1.807, 2.05) is 12.1 Å². The van der Waals surface area contributed by atoms with Gasteiger partial charge in [0.15, 0.2) is 0 Å². The van der Waals surface area contributed by atoms with E-state index in [4.69, 9.17) is 0 Å². The van der Waals surface area contributed by atoms with Crippen molar-refractivity contribution < 1.29 is 19.2 Å². The molecule has 132 valence electrons. The van der Waals surface area contributed by atoms with Crippen molar-refractivity contribution in [2.45, 2.75) is 38.6 Å². The van der Waals surface area contributed by atoms with E-state index in [-0.39, 0.29) is 0 Å². The lowest BCUT2D eigenvalue weighted by Gasteiger charge is -2.16. The van der Waals surface area contributed by atoms with Gasteiger partial charge in [0.25, 0.3) is 17.7 Å². The van der Waals surface area contributed by atoms with Crippen molar-refractivity contribution in [1.29, 1.82) is 0 Å². The Labute approximate surface area is 144 Å². The maximum Gasteiger partial charge on any atom is 0.325 e. The molecule has 1 fully saturated rings. The number of benzene rings is 1. The quantitative estimate of drug-likeness (QED) is 0.540. The van der Waals surface area contributed by atoms with E-state index < -0.39 is 35.8 Å². The van der Waals surface area contributed by atoms with Gasteiger partial charge in [-0.1, -0.05) is 6.07 Å². The van der Waals surface area contributed by atoms with Crippen molar-refractivity contribution in [2.24, 2.45) is 0 Å². The number of hydrogen-bond donors (Lipinski definition) is 3. The van der Waals surface area contributed by atoms with Gasteiger partial charge >= 0.3 is 6.03 Å². The summed E-state index contributed by atoms with van der Waals surface area (Å²) in [6.45, 7) is 2.65. The lowest BCUT2D eigenvalue weighted by molar-refractivity contribution is -0.134. The molecule has 1 aromatic carbocycles. The molecule has 1 aliphatic carbocycles. The van der Waals surface area contributed by atoms with Gasteiger partial charge in [-0.15, -0.1) is 0 Å². The Balaban J connectivity index is 1.55. The summed E-state index contributed by atoms with van der Waals surface area (Å²) in [6, 6.07) is 4.83. The van der Waals surface area contributed by atoms with E-state index in [2.05, 4.69) is 16.2 Å². The van der Waals surface area contributed by atoms with E-state index in [9.17, 15) is 19.2 Å². The average Bonchev–Trinajstić information content (AvgIpc) is 3.10. The van der Waals surface area contributed by atoms with Crippen molar-refractivity contribution in [1.82, 2.24) is 21.1 Å². The molecule has 3 rings (SSSR count). The largest absolute Gasteiger partial charge is 0.325 e. The molecular weight excluding hydrogens is 324 g/mol. The van der Waals surface area contributed by atoms with Crippen LogP contribution in [0, 0.1) is 0 Å². The number of fused-ring (bicyclic) bond motifs is 1. The second-order valence-electron chi connectivity index (χ2n) is 6.79. The topological polar surface area (TPSA) is 108 Å². The van der Waals surface area contributed by atoms with Crippen LogP contribution >= 0.6 is 0 Å². The molecule has 1 saturated heterocycles. The highest BCUT2D eigenvalue weighted by Gasteiger charge is 2.44. The fourth-order valence-electron chi connectivity index (χ4n) is 3.06. The first-order valence-corrected chi connectivity index (χ1v) is 8.13. The normalized spacial score (nSPS) is 17.9. The van der Waals surface area contributed by atoms with E-state index in [1.54, 1.807) is 19.9 Å². The first kappa shape index (κ1) is 16.9. The summed E-state index contributed by atoms with van der Waals surface area (Å²) in [6.07, 6.45) is 3.06. The van der Waals surface area contributed by atoms with Crippen LogP contribution in [0.5, 0.6) is 0 Å². The number of aryl methyl sites for hydroxylation is 2. The molecule has 8 nitrogen and oxygen atoms in total. The number of hydrazine groups is 1. The summed E-state index contributed by atoms with van der Waals surface area (Å²) in [5, 5.41) is 2.48. The molecule has 0 saturated carbocycles. The molecule has 2 aliphatic rings. The lowest BCUT2D eigenvalue weighted by atomic mass is 10.1. The van der Waals surface area contributed by atoms with Gasteiger partial charge in [-0.3, -0.25) is 30.1 Å². The second-order valence-corrected chi connectivity index (χ2v) is 6.79. The maximum absolute atomic E-state index is 12.1. The Morgan fingerprint density at radius 3 is 2.56 bits per heavy atom. The van der Waals surface area contributed by atoms with E-state index in [0.29, 0.717) is 5.56 Å². The molecule has 0 aromatic heterocycles. The van der Waals surface area contributed by atoms with Gasteiger partial charge in [0.05, 0.1) is 0 Å². The number of urea groups is 1. The molecule has 0 atom stereocenters. The number of amides is 5. The SMILES string of the molecule is CC1(C)NC(=O)N(CC(=O)NNC(=O)c2ccc3c(c2)CCC3)C1=O. The maximum atomic E-state index is 12.1. The van der Waals surface area contributed by atoms with E-state index in [1.165, 1.54) is 5.56 Å². The van der Waals surface area contributed by atoms with Crippen LogP contribution in [-0.2, 0) is 22.4 Å². The first-order chi connectivity index (χ1) is 11.8. The summed E-state index contributed by atoms with van der Waals surface area (Å²) in [4.78, 5) is 48.6. The molecule has 8 heteroatoms. The third-order valence-corrected chi connectivity index (χ3v) is 4.42. The molecular formula is C17H20N4O4. The summed E-state index contributed by atoms with van der Waals surface area (Å²) < 4.78 is 0. The van der Waals surface area contributed by atoms with Crippen molar-refractivity contribution in [3.8, 4) is 0 Å². The zero-order chi connectivity index (χ0) is 18.2. The zero-order valence-corrected chi connectivity index (χ0v) is 14.1. The van der Waals surface area contributed by atoms with E-state index in [0.717, 1.165) is 29.7 Å². The fraction of sp³-hybridized carbons (Fsp3) is 0.412. The lowest BCUT2D eigenvalue weighted by Crippen LogP contribution is -2.48. The standard InChI is InChI=1S/C17H20N4O4/c1-17(2)15(24)21(16(25)18-17)9-13(22)19-20-14(23)12-7-6-10-4-3-5-11(10)8-12/h6-8H,3-5,9H2,1-2H3,(H,18,25)(H,19,22)(H,20,23). The summed E-state index contributed by atoms with van der Waals surface area (Å²) in [5.41, 5.74) is 6.36. The summed E-state index contributed by atoms with van der Waals surface area (Å²) in [7, 11) is 0. The molecule has 25 heavy (non-hydrogen) atoms. The molecule has 0 radical (unpaired) electrons. The van der Waals surface area contributed by atoms with Crippen LogP contribution in [0.25, 0.3) is 0 Å². The summed E-state index contributed by atoms with van der Waals surface area (Å²) in [5.74, 6) is -1.59. The highest BCUT2D eigenvalue weighted by molar-refractivity contribution is 6.08. The Hall–Kier alpha value is -2.90. The Morgan fingerprint density at radius 1 is 1.16 bits per heavy atom. The number of hydrogen-bond acceptors (Lipinski definition) is 4. The molecule has 1 heterocycles. The molecule has 1 aliphatic heterocycles. The van der Waals surface area contributed by atoms with Crippen LogP contribution in [0.3, 0.4) is 0 Å². The van der Waals surface area contributed by atoms with Crippen LogP contribution < -0.4 is 16.2 Å². The number of nitrogens with one attached hydrogen (secondary N) is 3. The van der Waals surface area contributed by atoms with Gasteiger partial charge in [-0.25, -0.2) is 4.79 Å². The molecule has 3 N–H and O–H groups in total. The number of rotatable bonds is 3. The number of carbonyl (C=O) groups excluding carboxylic acids is 4. The third-order valence-electron chi connectivity index (χ3n) is 4.42. The van der Waals surface area contributed by atoms with Crippen LogP contribution in [0.4, 0.5) is 4.79 Å². The predicted molar refractivity (Wildman–Crippen MR) is 88.4 cm³/mol. The van der Waals surface area contributed by atoms with Gasteiger partial charge in [0, 0.05) is 5.56 Å². The molecule has 0 unspecified atom stereocenters. The van der Waals surface area contributed by atoms with Crippen LogP contribution in [0.1, 0.15) is 41.8 Å². The highest BCUT2D eigenvalue weighted by atomic mass is 16.2. The minimum Gasteiger partial charge on any atom is -0.324 e. The van der Waals surface area contributed by atoms with E-state index >= 15 is 0 Å². The molecule has 0 bridgehead atoms. The van der Waals surface area contributed by atoms with Gasteiger partial charge < -0.3 is 5.32 Å². The van der Waals surface area contributed by atoms with Gasteiger partial charge in [0.2, 0.25) is 0 Å². The minimum atomic E-state index is -1.04. The van der Waals surface area contributed by atoms with Crippen molar-refractivity contribution >= 4 is 23.8 Å².